The predicted molar refractivity (Wildman–Crippen MR) is 142 cm³/mol. The van der Waals surface area contributed by atoms with Crippen molar-refractivity contribution in [2.75, 3.05) is 0 Å². The van der Waals surface area contributed by atoms with E-state index in [1.54, 1.807) is 0 Å². The van der Waals surface area contributed by atoms with Crippen molar-refractivity contribution in [3.8, 4) is 5.75 Å². The van der Waals surface area contributed by atoms with Gasteiger partial charge in [-0.3, -0.25) is 0 Å². The first-order chi connectivity index (χ1) is 17.0. The third-order valence-corrected chi connectivity index (χ3v) is 7.50. The maximum Gasteiger partial charge on any atom is 0.335 e. The van der Waals surface area contributed by atoms with Gasteiger partial charge in [-0.1, -0.05) is 79.7 Å². The van der Waals surface area contributed by atoms with Crippen LogP contribution in [-0.2, 0) is 0 Å². The molecular formula is C32H32O3. The van der Waals surface area contributed by atoms with Gasteiger partial charge in [0.1, 0.15) is 5.75 Å². The first-order valence-electron chi connectivity index (χ1n) is 12.6. The number of carboxylic acid groups (broad SMARTS) is 1. The molecule has 4 aromatic carbocycles. The Morgan fingerprint density at radius 1 is 1.00 bits per heavy atom. The third-order valence-electron chi connectivity index (χ3n) is 7.50. The smallest absolute Gasteiger partial charge is 0.335 e. The van der Waals surface area contributed by atoms with Gasteiger partial charge in [-0.2, -0.15) is 0 Å². The summed E-state index contributed by atoms with van der Waals surface area (Å²) in [6.07, 6.45) is 4.15. The van der Waals surface area contributed by atoms with Gasteiger partial charge in [0.05, 0.1) is 11.7 Å². The SMILES string of the molecule is Cc1ccc([C@H]2C[C@@H](CCC[C@H](C)c3cccc4ccccc34)Oc3ccccc32)cc1C(=O)O. The number of hydrogen-bond acceptors (Lipinski definition) is 2. The lowest BCUT2D eigenvalue weighted by molar-refractivity contribution is 0.0696. The number of para-hydroxylation sites is 1. The standard InChI is InChI=1S/C32H32O3/c1-21(26-15-8-11-23-10-3-4-13-27(23)26)9-7-12-25-20-30(28-14-5-6-16-31(28)35-25)24-18-17-22(2)29(19-24)32(33)34/h3-6,8,10-11,13-19,21,25,30H,7,9,12,20H2,1-2H3,(H,33,34)/t21-,25+,30+/m0/s1. The van der Waals surface area contributed by atoms with Crippen LogP contribution in [0.4, 0.5) is 0 Å². The fourth-order valence-corrected chi connectivity index (χ4v) is 5.56. The Balaban J connectivity index is 1.31. The first-order valence-corrected chi connectivity index (χ1v) is 12.6. The lowest BCUT2D eigenvalue weighted by Gasteiger charge is -2.33. The van der Waals surface area contributed by atoms with Crippen LogP contribution in [0.5, 0.6) is 5.75 Å². The quantitative estimate of drug-likeness (QED) is 0.300. The number of fused-ring (bicyclic) bond motifs is 2. The van der Waals surface area contributed by atoms with Crippen LogP contribution in [0.2, 0.25) is 0 Å². The first kappa shape index (κ1) is 23.2. The van der Waals surface area contributed by atoms with Crippen LogP contribution in [0.25, 0.3) is 10.8 Å². The van der Waals surface area contributed by atoms with Gasteiger partial charge in [-0.25, -0.2) is 4.79 Å². The number of carboxylic acids is 1. The van der Waals surface area contributed by atoms with Crippen LogP contribution >= 0.6 is 0 Å². The zero-order chi connectivity index (χ0) is 24.4. The minimum Gasteiger partial charge on any atom is -0.490 e. The molecule has 0 saturated heterocycles. The minimum atomic E-state index is -0.872. The predicted octanol–water partition coefficient (Wildman–Crippen LogP) is 8.10. The molecule has 35 heavy (non-hydrogen) atoms. The van der Waals surface area contributed by atoms with Crippen LogP contribution in [-0.4, -0.2) is 17.2 Å². The summed E-state index contributed by atoms with van der Waals surface area (Å²) in [5.41, 5.74) is 4.79. The highest BCUT2D eigenvalue weighted by Crippen LogP contribution is 2.42. The zero-order valence-corrected chi connectivity index (χ0v) is 20.4. The molecule has 1 aliphatic heterocycles. The second kappa shape index (κ2) is 9.95. The largest absolute Gasteiger partial charge is 0.490 e. The molecule has 178 valence electrons. The van der Waals surface area contributed by atoms with Crippen LogP contribution in [0.3, 0.4) is 0 Å². The fourth-order valence-electron chi connectivity index (χ4n) is 5.56. The van der Waals surface area contributed by atoms with E-state index in [0.717, 1.165) is 48.1 Å². The molecule has 0 saturated carbocycles. The molecule has 0 spiro atoms. The van der Waals surface area contributed by atoms with Crippen LogP contribution < -0.4 is 4.74 Å². The number of rotatable bonds is 7. The highest BCUT2D eigenvalue weighted by atomic mass is 16.5. The summed E-state index contributed by atoms with van der Waals surface area (Å²) in [5.74, 6) is 0.666. The molecule has 0 aliphatic carbocycles. The molecule has 1 heterocycles. The number of aromatic carboxylic acids is 1. The Hall–Kier alpha value is -3.59. The Morgan fingerprint density at radius 3 is 2.63 bits per heavy atom. The number of ether oxygens (including phenoxy) is 1. The number of benzene rings is 4. The normalized spacial score (nSPS) is 18.0. The zero-order valence-electron chi connectivity index (χ0n) is 20.4. The van der Waals surface area contributed by atoms with Gasteiger partial charge in [-0.05, 0) is 78.1 Å². The van der Waals surface area contributed by atoms with Crippen molar-refractivity contribution in [1.82, 2.24) is 0 Å². The van der Waals surface area contributed by atoms with Gasteiger partial charge in [-0.15, -0.1) is 0 Å². The molecule has 3 heteroatoms. The summed E-state index contributed by atoms with van der Waals surface area (Å²) >= 11 is 0. The minimum absolute atomic E-state index is 0.115. The van der Waals surface area contributed by atoms with Crippen molar-refractivity contribution in [3.63, 3.8) is 0 Å². The Morgan fingerprint density at radius 2 is 1.77 bits per heavy atom. The Labute approximate surface area is 207 Å². The molecule has 1 N–H and O–H groups in total. The van der Waals surface area contributed by atoms with Crippen LogP contribution in [0.15, 0.2) is 84.9 Å². The Kier molecular flexibility index (Phi) is 6.59. The average Bonchev–Trinajstić information content (AvgIpc) is 2.88. The maximum atomic E-state index is 11.7. The van der Waals surface area contributed by atoms with Gasteiger partial charge in [0.15, 0.2) is 0 Å². The summed E-state index contributed by atoms with van der Waals surface area (Å²) in [4.78, 5) is 11.7. The van der Waals surface area contributed by atoms with Crippen molar-refractivity contribution in [2.45, 2.75) is 57.5 Å². The van der Waals surface area contributed by atoms with Crippen molar-refractivity contribution in [3.05, 3.63) is 113 Å². The molecule has 3 nitrogen and oxygen atoms in total. The monoisotopic (exact) mass is 464 g/mol. The van der Waals surface area contributed by atoms with Crippen molar-refractivity contribution in [2.24, 2.45) is 0 Å². The number of aryl methyl sites for hydroxylation is 1. The summed E-state index contributed by atoms with van der Waals surface area (Å²) in [6.45, 7) is 4.17. The highest BCUT2D eigenvalue weighted by Gasteiger charge is 2.29. The van der Waals surface area contributed by atoms with E-state index in [2.05, 4.69) is 61.5 Å². The van der Waals surface area contributed by atoms with E-state index in [1.165, 1.54) is 16.3 Å². The van der Waals surface area contributed by atoms with Gasteiger partial charge in [0.25, 0.3) is 0 Å². The number of hydrogen-bond donors (Lipinski definition) is 1. The van der Waals surface area contributed by atoms with E-state index in [-0.39, 0.29) is 12.0 Å². The average molecular weight is 465 g/mol. The summed E-state index contributed by atoms with van der Waals surface area (Å²) in [6, 6.07) is 29.3. The number of carbonyl (C=O) groups is 1. The second-order valence-corrected chi connectivity index (χ2v) is 9.85. The lowest BCUT2D eigenvalue weighted by Crippen LogP contribution is -2.26. The topological polar surface area (TPSA) is 46.5 Å². The molecule has 0 bridgehead atoms. The van der Waals surface area contributed by atoms with E-state index in [1.807, 2.05) is 37.3 Å². The van der Waals surface area contributed by atoms with Gasteiger partial charge < -0.3 is 9.84 Å². The molecule has 0 amide bonds. The molecule has 0 fully saturated rings. The lowest BCUT2D eigenvalue weighted by atomic mass is 9.82. The molecule has 3 atom stereocenters. The summed E-state index contributed by atoms with van der Waals surface area (Å²) in [7, 11) is 0. The van der Waals surface area contributed by atoms with E-state index in [9.17, 15) is 9.90 Å². The van der Waals surface area contributed by atoms with Crippen molar-refractivity contribution < 1.29 is 14.6 Å². The molecule has 1 aliphatic rings. The molecule has 0 radical (unpaired) electrons. The Bertz CT molecular complexity index is 1350. The van der Waals surface area contributed by atoms with Crippen LogP contribution in [0, 0.1) is 6.92 Å². The highest BCUT2D eigenvalue weighted by molar-refractivity contribution is 5.89. The molecule has 0 aromatic heterocycles. The summed E-state index contributed by atoms with van der Waals surface area (Å²) < 4.78 is 6.43. The van der Waals surface area contributed by atoms with Crippen molar-refractivity contribution in [1.29, 1.82) is 0 Å². The molecule has 0 unspecified atom stereocenters. The van der Waals surface area contributed by atoms with E-state index >= 15 is 0 Å². The van der Waals surface area contributed by atoms with E-state index in [4.69, 9.17) is 4.74 Å². The van der Waals surface area contributed by atoms with Gasteiger partial charge >= 0.3 is 5.97 Å². The molecule has 4 aromatic rings. The fraction of sp³-hybridized carbons (Fsp3) is 0.281. The van der Waals surface area contributed by atoms with Gasteiger partial charge in [0.2, 0.25) is 0 Å². The van der Waals surface area contributed by atoms with Crippen LogP contribution in [0.1, 0.15) is 77.1 Å². The van der Waals surface area contributed by atoms with E-state index < -0.39 is 5.97 Å². The molecule has 5 rings (SSSR count). The molecular weight excluding hydrogens is 432 g/mol. The van der Waals surface area contributed by atoms with Gasteiger partial charge in [0, 0.05) is 11.5 Å². The summed E-state index contributed by atoms with van der Waals surface area (Å²) in [5, 5.41) is 12.3. The van der Waals surface area contributed by atoms with Crippen molar-refractivity contribution >= 4 is 16.7 Å². The van der Waals surface area contributed by atoms with E-state index in [0.29, 0.717) is 11.5 Å². The third kappa shape index (κ3) is 4.81. The maximum absolute atomic E-state index is 11.7. The second-order valence-electron chi connectivity index (χ2n) is 9.85.